The Balaban J connectivity index is 2.06. The van der Waals surface area contributed by atoms with E-state index in [0.29, 0.717) is 18.2 Å². The van der Waals surface area contributed by atoms with Crippen LogP contribution in [-0.2, 0) is 11.3 Å². The van der Waals surface area contributed by atoms with Gasteiger partial charge in [-0.3, -0.25) is 4.79 Å². The first-order chi connectivity index (χ1) is 13.5. The number of nitrogens with zero attached hydrogens (tertiary/aromatic N) is 1. The third-order valence-corrected chi connectivity index (χ3v) is 4.51. The number of carbonyl (C=O) groups excluding carboxylic acids is 1. The Morgan fingerprint density at radius 2 is 2.07 bits per heavy atom. The topological polar surface area (TPSA) is 74.1 Å². The van der Waals surface area contributed by atoms with Gasteiger partial charge in [0.25, 0.3) is 5.91 Å². The number of nitrogens with one attached hydrogen (secondary N) is 2. The molecule has 1 unspecified atom stereocenters. The maximum Gasteiger partial charge on any atom is 0.263 e. The zero-order valence-electron chi connectivity index (χ0n) is 16.3. The molecule has 0 spiro atoms. The molecule has 0 bridgehead atoms. The summed E-state index contributed by atoms with van der Waals surface area (Å²) in [7, 11) is 0. The molecule has 146 valence electrons. The third-order valence-electron chi connectivity index (χ3n) is 4.14. The lowest BCUT2D eigenvalue weighted by molar-refractivity contribution is -0.117. The maximum absolute atomic E-state index is 12.5. The average Bonchev–Trinajstić information content (AvgIpc) is 2.68. The van der Waals surface area contributed by atoms with Crippen molar-refractivity contribution in [3.05, 3.63) is 76.0 Å². The fourth-order valence-electron chi connectivity index (χ4n) is 2.70. The molecule has 2 N–H and O–H groups in total. The van der Waals surface area contributed by atoms with Crippen LogP contribution < -0.4 is 15.4 Å². The van der Waals surface area contributed by atoms with Gasteiger partial charge in [0.1, 0.15) is 17.4 Å². The second-order valence-electron chi connectivity index (χ2n) is 6.31. The molecule has 5 nitrogen and oxygen atoms in total. The number of aryl methyl sites for hydroxylation is 1. The van der Waals surface area contributed by atoms with Gasteiger partial charge in [0.2, 0.25) is 0 Å². The molecular formula is C22H24ClN3O2. The van der Waals surface area contributed by atoms with Gasteiger partial charge in [-0.1, -0.05) is 47.5 Å². The summed E-state index contributed by atoms with van der Waals surface area (Å²) in [5.41, 5.74) is 2.81. The Morgan fingerprint density at radius 3 is 2.75 bits per heavy atom. The van der Waals surface area contributed by atoms with Gasteiger partial charge in [-0.05, 0) is 38.5 Å². The SMILES string of the molecule is CCOc1ccc(C)cc1C(C)NC(=O)/C(C#N)=C\NCc1ccccc1Cl. The molecule has 0 saturated carbocycles. The number of halogens is 1. The summed E-state index contributed by atoms with van der Waals surface area (Å²) in [5, 5.41) is 15.8. The van der Waals surface area contributed by atoms with Crippen molar-refractivity contribution in [1.82, 2.24) is 10.6 Å². The minimum Gasteiger partial charge on any atom is -0.494 e. The van der Waals surface area contributed by atoms with Crippen LogP contribution >= 0.6 is 11.6 Å². The zero-order chi connectivity index (χ0) is 20.5. The largest absolute Gasteiger partial charge is 0.494 e. The van der Waals surface area contributed by atoms with Crippen LogP contribution in [0.4, 0.5) is 0 Å². The van der Waals surface area contributed by atoms with Crippen LogP contribution in [0.15, 0.2) is 54.2 Å². The molecule has 0 aromatic heterocycles. The first kappa shape index (κ1) is 21.3. The zero-order valence-corrected chi connectivity index (χ0v) is 17.0. The van der Waals surface area contributed by atoms with Crippen molar-refractivity contribution in [3.8, 4) is 11.8 Å². The van der Waals surface area contributed by atoms with E-state index < -0.39 is 5.91 Å². The highest BCUT2D eigenvalue weighted by atomic mass is 35.5. The number of amides is 1. The standard InChI is InChI=1S/C22H24ClN3O2/c1-4-28-21-10-9-15(2)11-19(21)16(3)26-22(27)18(12-24)14-25-13-17-7-5-6-8-20(17)23/h5-11,14,16,25H,4,13H2,1-3H3,(H,26,27)/b18-14-. The van der Waals surface area contributed by atoms with Gasteiger partial charge in [0, 0.05) is 23.3 Å². The predicted octanol–water partition coefficient (Wildman–Crippen LogP) is 4.42. The lowest BCUT2D eigenvalue weighted by Crippen LogP contribution is -2.29. The molecule has 0 fully saturated rings. The van der Waals surface area contributed by atoms with Crippen molar-refractivity contribution in [2.24, 2.45) is 0 Å². The smallest absolute Gasteiger partial charge is 0.263 e. The van der Waals surface area contributed by atoms with Crippen molar-refractivity contribution >= 4 is 17.5 Å². The Bertz CT molecular complexity index is 903. The molecule has 28 heavy (non-hydrogen) atoms. The number of hydrogen-bond acceptors (Lipinski definition) is 4. The summed E-state index contributed by atoms with van der Waals surface area (Å²) in [6.07, 6.45) is 1.41. The quantitative estimate of drug-likeness (QED) is 0.510. The summed E-state index contributed by atoms with van der Waals surface area (Å²) in [6.45, 7) is 6.70. The summed E-state index contributed by atoms with van der Waals surface area (Å²) in [6, 6.07) is 14.8. The summed E-state index contributed by atoms with van der Waals surface area (Å²) < 4.78 is 5.65. The van der Waals surface area contributed by atoms with Crippen LogP contribution in [0.1, 0.15) is 36.6 Å². The van der Waals surface area contributed by atoms with E-state index in [2.05, 4.69) is 10.6 Å². The van der Waals surface area contributed by atoms with E-state index >= 15 is 0 Å². The number of rotatable bonds is 8. The van der Waals surface area contributed by atoms with E-state index in [1.165, 1.54) is 6.20 Å². The monoisotopic (exact) mass is 397 g/mol. The van der Waals surface area contributed by atoms with Gasteiger partial charge in [0.15, 0.2) is 0 Å². The molecule has 6 heteroatoms. The first-order valence-electron chi connectivity index (χ1n) is 9.07. The Labute approximate surface area is 171 Å². The Morgan fingerprint density at radius 1 is 1.32 bits per heavy atom. The highest BCUT2D eigenvalue weighted by Crippen LogP contribution is 2.26. The van der Waals surface area contributed by atoms with Gasteiger partial charge in [-0.2, -0.15) is 5.26 Å². The first-order valence-corrected chi connectivity index (χ1v) is 9.45. The van der Waals surface area contributed by atoms with E-state index in [9.17, 15) is 10.1 Å². The van der Waals surface area contributed by atoms with Gasteiger partial charge >= 0.3 is 0 Å². The van der Waals surface area contributed by atoms with Crippen molar-refractivity contribution < 1.29 is 9.53 Å². The number of carbonyl (C=O) groups is 1. The number of nitriles is 1. The fraction of sp³-hybridized carbons (Fsp3) is 0.273. The van der Waals surface area contributed by atoms with E-state index in [1.807, 2.05) is 63.2 Å². The van der Waals surface area contributed by atoms with Crippen molar-refractivity contribution in [2.45, 2.75) is 33.4 Å². The van der Waals surface area contributed by atoms with Crippen LogP contribution in [-0.4, -0.2) is 12.5 Å². The summed E-state index contributed by atoms with van der Waals surface area (Å²) in [5.74, 6) is 0.269. The molecule has 2 aromatic carbocycles. The van der Waals surface area contributed by atoms with E-state index in [4.69, 9.17) is 16.3 Å². The molecule has 0 aliphatic rings. The molecule has 0 saturated heterocycles. The molecular weight excluding hydrogens is 374 g/mol. The van der Waals surface area contributed by atoms with Crippen molar-refractivity contribution in [1.29, 1.82) is 5.26 Å². The van der Waals surface area contributed by atoms with Crippen LogP contribution in [0.5, 0.6) is 5.75 Å². The second kappa shape index (κ2) is 10.4. The van der Waals surface area contributed by atoms with Crippen molar-refractivity contribution in [3.63, 3.8) is 0 Å². The molecule has 1 amide bonds. The molecule has 0 aliphatic heterocycles. The number of hydrogen-bond donors (Lipinski definition) is 2. The van der Waals surface area contributed by atoms with E-state index in [0.717, 1.165) is 22.4 Å². The maximum atomic E-state index is 12.5. The van der Waals surface area contributed by atoms with Gasteiger partial charge < -0.3 is 15.4 Å². The second-order valence-corrected chi connectivity index (χ2v) is 6.72. The van der Waals surface area contributed by atoms with Crippen molar-refractivity contribution in [2.75, 3.05) is 6.61 Å². The minimum atomic E-state index is -0.453. The Hall–Kier alpha value is -2.97. The normalized spacial score (nSPS) is 12.0. The van der Waals surface area contributed by atoms with Crippen LogP contribution in [0.25, 0.3) is 0 Å². The van der Waals surface area contributed by atoms with Crippen LogP contribution in [0.3, 0.4) is 0 Å². The fourth-order valence-corrected chi connectivity index (χ4v) is 2.90. The van der Waals surface area contributed by atoms with Crippen LogP contribution in [0.2, 0.25) is 5.02 Å². The Kier molecular flexibility index (Phi) is 7.91. The minimum absolute atomic E-state index is 0.00971. The lowest BCUT2D eigenvalue weighted by Gasteiger charge is -2.18. The summed E-state index contributed by atoms with van der Waals surface area (Å²) in [4.78, 5) is 12.5. The lowest BCUT2D eigenvalue weighted by atomic mass is 10.0. The molecule has 0 radical (unpaired) electrons. The average molecular weight is 398 g/mol. The third kappa shape index (κ3) is 5.77. The highest BCUT2D eigenvalue weighted by molar-refractivity contribution is 6.31. The van der Waals surface area contributed by atoms with E-state index in [-0.39, 0.29) is 11.6 Å². The molecule has 2 aromatic rings. The number of ether oxygens (including phenoxy) is 1. The van der Waals surface area contributed by atoms with E-state index in [1.54, 1.807) is 6.07 Å². The van der Waals surface area contributed by atoms with Crippen LogP contribution in [0, 0.1) is 18.3 Å². The molecule has 0 aliphatic carbocycles. The molecule has 2 rings (SSSR count). The molecule has 0 heterocycles. The predicted molar refractivity (Wildman–Crippen MR) is 111 cm³/mol. The van der Waals surface area contributed by atoms with Gasteiger partial charge in [0.05, 0.1) is 12.6 Å². The molecule has 1 atom stereocenters. The van der Waals surface area contributed by atoms with Gasteiger partial charge in [-0.25, -0.2) is 0 Å². The highest BCUT2D eigenvalue weighted by Gasteiger charge is 2.17. The summed E-state index contributed by atoms with van der Waals surface area (Å²) >= 11 is 6.11. The number of benzene rings is 2. The van der Waals surface area contributed by atoms with Gasteiger partial charge in [-0.15, -0.1) is 0 Å².